The SMILES string of the molecule is CC1(C)SC(=S)N(Cc2ccc(F)cc2)C1n1oc(=O)n(-c2cccc(Cl)c2)c1=O. The first-order valence-corrected chi connectivity index (χ1v) is 10.6. The molecule has 0 saturated carbocycles. The zero-order valence-electron chi connectivity index (χ0n) is 16.0. The number of aromatic nitrogens is 2. The number of halogens is 2. The average Bonchev–Trinajstić information content (AvgIpc) is 3.07. The van der Waals surface area contributed by atoms with Crippen LogP contribution in [-0.4, -0.2) is 23.3 Å². The normalized spacial score (nSPS) is 18.2. The van der Waals surface area contributed by atoms with Gasteiger partial charge in [-0.15, -0.1) is 4.74 Å². The van der Waals surface area contributed by atoms with Crippen LogP contribution in [0.5, 0.6) is 0 Å². The molecule has 1 aromatic heterocycles. The monoisotopic (exact) mass is 465 g/mol. The van der Waals surface area contributed by atoms with Gasteiger partial charge in [0.2, 0.25) is 0 Å². The average molecular weight is 466 g/mol. The van der Waals surface area contributed by atoms with E-state index in [0.717, 1.165) is 14.9 Å². The molecular formula is C20H17ClFN3O3S2. The van der Waals surface area contributed by atoms with Gasteiger partial charge in [-0.3, -0.25) is 0 Å². The molecule has 1 saturated heterocycles. The summed E-state index contributed by atoms with van der Waals surface area (Å²) in [5.74, 6) is -1.16. The molecule has 0 amide bonds. The maximum Gasteiger partial charge on any atom is 0.447 e. The summed E-state index contributed by atoms with van der Waals surface area (Å²) in [5, 5.41) is 0.391. The maximum atomic E-state index is 13.3. The zero-order chi connectivity index (χ0) is 21.6. The van der Waals surface area contributed by atoms with E-state index in [1.165, 1.54) is 30.0 Å². The fourth-order valence-electron chi connectivity index (χ4n) is 3.48. The predicted octanol–water partition coefficient (Wildman–Crippen LogP) is 4.20. The molecule has 3 aromatic rings. The Balaban J connectivity index is 1.79. The Morgan fingerprint density at radius 2 is 1.90 bits per heavy atom. The Morgan fingerprint density at radius 3 is 2.57 bits per heavy atom. The molecule has 4 rings (SSSR count). The van der Waals surface area contributed by atoms with Crippen molar-refractivity contribution in [1.29, 1.82) is 0 Å². The lowest BCUT2D eigenvalue weighted by Crippen LogP contribution is -2.42. The van der Waals surface area contributed by atoms with Gasteiger partial charge in [0, 0.05) is 11.6 Å². The molecule has 2 aromatic carbocycles. The molecule has 0 radical (unpaired) electrons. The van der Waals surface area contributed by atoms with E-state index in [-0.39, 0.29) is 5.82 Å². The van der Waals surface area contributed by atoms with Crippen molar-refractivity contribution in [2.24, 2.45) is 0 Å². The van der Waals surface area contributed by atoms with Gasteiger partial charge in [-0.2, -0.15) is 4.57 Å². The minimum Gasteiger partial charge on any atom is -0.328 e. The summed E-state index contributed by atoms with van der Waals surface area (Å²) in [7, 11) is 0. The summed E-state index contributed by atoms with van der Waals surface area (Å²) in [4.78, 5) is 27.5. The van der Waals surface area contributed by atoms with Crippen LogP contribution >= 0.6 is 35.6 Å². The van der Waals surface area contributed by atoms with Crippen LogP contribution in [0.2, 0.25) is 5.02 Å². The van der Waals surface area contributed by atoms with Gasteiger partial charge in [0.1, 0.15) is 10.1 Å². The Labute approximate surface area is 185 Å². The van der Waals surface area contributed by atoms with Crippen molar-refractivity contribution in [1.82, 2.24) is 14.2 Å². The summed E-state index contributed by atoms with van der Waals surface area (Å²) < 4.78 is 20.7. The molecule has 30 heavy (non-hydrogen) atoms. The highest BCUT2D eigenvalue weighted by Gasteiger charge is 2.48. The number of thioether (sulfide) groups is 1. The molecule has 1 aliphatic rings. The second-order valence-electron chi connectivity index (χ2n) is 7.38. The van der Waals surface area contributed by atoms with E-state index in [9.17, 15) is 14.0 Å². The van der Waals surface area contributed by atoms with Crippen molar-refractivity contribution in [3.8, 4) is 5.69 Å². The van der Waals surface area contributed by atoms with E-state index < -0.39 is 22.4 Å². The van der Waals surface area contributed by atoms with Crippen LogP contribution in [0.25, 0.3) is 5.69 Å². The summed E-state index contributed by atoms with van der Waals surface area (Å²) in [5.41, 5.74) is 0.498. The number of nitrogens with zero attached hydrogens (tertiary/aromatic N) is 3. The molecular weight excluding hydrogens is 449 g/mol. The molecule has 0 spiro atoms. The maximum absolute atomic E-state index is 13.3. The number of rotatable bonds is 4. The Kier molecular flexibility index (Phi) is 5.37. The molecule has 156 valence electrons. The lowest BCUT2D eigenvalue weighted by atomic mass is 10.1. The third-order valence-electron chi connectivity index (χ3n) is 4.80. The second-order valence-corrected chi connectivity index (χ2v) is 10.1. The fourth-order valence-corrected chi connectivity index (χ4v) is 5.54. The minimum atomic E-state index is -0.817. The third-order valence-corrected chi connectivity index (χ3v) is 6.66. The third kappa shape index (κ3) is 3.73. The molecule has 1 aliphatic heterocycles. The highest BCUT2D eigenvalue weighted by molar-refractivity contribution is 8.24. The fraction of sp³-hybridized carbons (Fsp3) is 0.250. The van der Waals surface area contributed by atoms with Crippen molar-refractivity contribution in [2.75, 3.05) is 0 Å². The van der Waals surface area contributed by atoms with Crippen LogP contribution in [-0.2, 0) is 6.54 Å². The molecule has 1 fully saturated rings. The number of thiocarbonyl (C=S) groups is 1. The van der Waals surface area contributed by atoms with E-state index in [1.807, 2.05) is 13.8 Å². The molecule has 0 bridgehead atoms. The smallest absolute Gasteiger partial charge is 0.328 e. The second kappa shape index (κ2) is 7.72. The number of hydrogen-bond acceptors (Lipinski definition) is 5. The molecule has 1 atom stereocenters. The summed E-state index contributed by atoms with van der Waals surface area (Å²) in [6.07, 6.45) is -0.652. The van der Waals surface area contributed by atoms with Crippen molar-refractivity contribution in [3.05, 3.63) is 86.0 Å². The molecule has 1 unspecified atom stereocenters. The first-order chi connectivity index (χ1) is 14.2. The van der Waals surface area contributed by atoms with Gasteiger partial charge in [-0.1, -0.05) is 53.8 Å². The first kappa shape index (κ1) is 20.9. The molecule has 0 N–H and O–H groups in total. The molecule has 6 nitrogen and oxygen atoms in total. The zero-order valence-corrected chi connectivity index (χ0v) is 18.4. The Hall–Kier alpha value is -2.36. The van der Waals surface area contributed by atoms with E-state index in [1.54, 1.807) is 35.2 Å². The van der Waals surface area contributed by atoms with Gasteiger partial charge in [0.25, 0.3) is 0 Å². The lowest BCUT2D eigenvalue weighted by molar-refractivity contribution is 0.0866. The number of benzene rings is 2. The van der Waals surface area contributed by atoms with Crippen molar-refractivity contribution in [3.63, 3.8) is 0 Å². The molecule has 2 heterocycles. The van der Waals surface area contributed by atoms with Gasteiger partial charge < -0.3 is 9.42 Å². The van der Waals surface area contributed by atoms with Gasteiger partial charge in [0.15, 0.2) is 6.17 Å². The quantitative estimate of drug-likeness (QED) is 0.538. The van der Waals surface area contributed by atoms with Crippen molar-refractivity contribution < 1.29 is 8.91 Å². The Bertz CT molecular complexity index is 1230. The minimum absolute atomic E-state index is 0.316. The molecule has 10 heteroatoms. The van der Waals surface area contributed by atoms with Crippen molar-refractivity contribution in [2.45, 2.75) is 31.3 Å². The van der Waals surface area contributed by atoms with Crippen LogP contribution in [0.4, 0.5) is 4.39 Å². The van der Waals surface area contributed by atoms with Crippen molar-refractivity contribution >= 4 is 39.9 Å². The van der Waals surface area contributed by atoms with Crippen LogP contribution in [0, 0.1) is 5.82 Å². The van der Waals surface area contributed by atoms with Crippen LogP contribution in [0.1, 0.15) is 25.6 Å². The van der Waals surface area contributed by atoms with E-state index >= 15 is 0 Å². The largest absolute Gasteiger partial charge is 0.447 e. The highest BCUT2D eigenvalue weighted by atomic mass is 35.5. The predicted molar refractivity (Wildman–Crippen MR) is 119 cm³/mol. The topological polar surface area (TPSA) is 60.4 Å². The Morgan fingerprint density at radius 1 is 1.20 bits per heavy atom. The van der Waals surface area contributed by atoms with Gasteiger partial charge in [-0.25, -0.2) is 14.0 Å². The van der Waals surface area contributed by atoms with Gasteiger partial charge in [-0.05, 0) is 49.7 Å². The number of hydrogen-bond donors (Lipinski definition) is 0. The molecule has 0 aliphatic carbocycles. The van der Waals surface area contributed by atoms with E-state index in [2.05, 4.69) is 0 Å². The van der Waals surface area contributed by atoms with E-state index in [4.69, 9.17) is 28.3 Å². The van der Waals surface area contributed by atoms with E-state index in [0.29, 0.717) is 21.6 Å². The van der Waals surface area contributed by atoms with Crippen LogP contribution in [0.3, 0.4) is 0 Å². The lowest BCUT2D eigenvalue weighted by Gasteiger charge is -2.30. The van der Waals surface area contributed by atoms with Gasteiger partial charge >= 0.3 is 11.4 Å². The summed E-state index contributed by atoms with van der Waals surface area (Å²) in [6, 6.07) is 12.4. The van der Waals surface area contributed by atoms with Crippen LogP contribution < -0.4 is 11.4 Å². The highest BCUT2D eigenvalue weighted by Crippen LogP contribution is 2.47. The standard InChI is InChI=1S/C20H17ClFN3O3S2/c1-20(2)16(23(19(29)30-20)11-12-6-8-14(22)9-7-12)25-17(26)24(18(27)28-25)15-5-3-4-13(21)10-15/h3-10,16H,11H2,1-2H3. The first-order valence-electron chi connectivity index (χ1n) is 9.02. The summed E-state index contributed by atoms with van der Waals surface area (Å²) >= 11 is 13.0. The van der Waals surface area contributed by atoms with Crippen LogP contribution in [0.15, 0.2) is 62.6 Å². The van der Waals surface area contributed by atoms with Gasteiger partial charge in [0.05, 0.1) is 10.4 Å². The summed E-state index contributed by atoms with van der Waals surface area (Å²) in [6.45, 7) is 4.17.